The van der Waals surface area contributed by atoms with Crippen molar-refractivity contribution >= 4 is 33.1 Å². The number of fused-ring (bicyclic) bond motifs is 2. The zero-order valence-electron chi connectivity index (χ0n) is 17.5. The maximum atomic E-state index is 6.27. The van der Waals surface area contributed by atoms with Crippen molar-refractivity contribution in [3.8, 4) is 0 Å². The lowest BCUT2D eigenvalue weighted by atomic mass is 9.93. The number of aliphatic imine (C=N–C) groups is 1. The highest BCUT2D eigenvalue weighted by atomic mass is 16.5. The third kappa shape index (κ3) is 3.66. The van der Waals surface area contributed by atoms with E-state index in [0.717, 1.165) is 34.3 Å². The van der Waals surface area contributed by atoms with Gasteiger partial charge in [-0.25, -0.2) is 4.98 Å². The molecule has 2 aromatic heterocycles. The highest BCUT2D eigenvalue weighted by Gasteiger charge is 2.24. The lowest BCUT2D eigenvalue weighted by Gasteiger charge is -2.27. The molecule has 0 radical (unpaired) electrons. The SMILES string of the molecule is CC(C)(C)OC1C=C(c2c[nH]c3ncccc23)CC(c2ccc3ccccc3c2)=N1. The first-order valence-electron chi connectivity index (χ1n) is 10.3. The fourth-order valence-electron chi connectivity index (χ4n) is 4.02. The van der Waals surface area contributed by atoms with Crippen molar-refractivity contribution in [1.29, 1.82) is 0 Å². The van der Waals surface area contributed by atoms with Gasteiger partial charge in [-0.1, -0.05) is 36.4 Å². The number of ether oxygens (including phenoxy) is 1. The Bertz CT molecular complexity index is 1290. The Morgan fingerprint density at radius 2 is 1.83 bits per heavy atom. The van der Waals surface area contributed by atoms with Gasteiger partial charge in [0.25, 0.3) is 0 Å². The molecule has 0 saturated heterocycles. The summed E-state index contributed by atoms with van der Waals surface area (Å²) < 4.78 is 6.27. The number of hydrogen-bond donors (Lipinski definition) is 1. The van der Waals surface area contributed by atoms with Gasteiger partial charge in [-0.05, 0) is 67.0 Å². The number of aromatic amines is 1. The van der Waals surface area contributed by atoms with Crippen LogP contribution in [0.5, 0.6) is 0 Å². The highest BCUT2D eigenvalue weighted by Crippen LogP contribution is 2.33. The molecule has 0 fully saturated rings. The minimum absolute atomic E-state index is 0.288. The monoisotopic (exact) mass is 395 g/mol. The van der Waals surface area contributed by atoms with Crippen molar-refractivity contribution in [3.05, 3.63) is 84.2 Å². The van der Waals surface area contributed by atoms with Gasteiger partial charge in [-0.2, -0.15) is 0 Å². The van der Waals surface area contributed by atoms with E-state index in [1.165, 1.54) is 16.3 Å². The predicted molar refractivity (Wildman–Crippen MR) is 124 cm³/mol. The average molecular weight is 396 g/mol. The van der Waals surface area contributed by atoms with Gasteiger partial charge >= 0.3 is 0 Å². The third-order valence-electron chi connectivity index (χ3n) is 5.34. The standard InChI is InChI=1S/C26H25N3O/c1-26(2,3)30-24-15-20(22-16-28-25-21(22)9-6-12-27-25)14-23(29-24)19-11-10-17-7-4-5-8-18(17)13-19/h4-13,15-16,24H,14H2,1-3H3,(H,27,28). The first kappa shape index (κ1) is 18.8. The lowest BCUT2D eigenvalue weighted by molar-refractivity contribution is -0.0340. The van der Waals surface area contributed by atoms with Gasteiger partial charge in [0.05, 0.1) is 5.60 Å². The van der Waals surface area contributed by atoms with Crippen molar-refractivity contribution < 1.29 is 4.74 Å². The number of allylic oxidation sites excluding steroid dienone is 1. The summed E-state index contributed by atoms with van der Waals surface area (Å²) in [5, 5.41) is 3.58. The number of aromatic nitrogens is 2. The molecule has 5 rings (SSSR count). The van der Waals surface area contributed by atoms with E-state index in [-0.39, 0.29) is 11.8 Å². The Morgan fingerprint density at radius 3 is 2.67 bits per heavy atom. The van der Waals surface area contributed by atoms with E-state index >= 15 is 0 Å². The maximum absolute atomic E-state index is 6.27. The number of H-pyrrole nitrogens is 1. The molecule has 1 atom stereocenters. The predicted octanol–water partition coefficient (Wildman–Crippen LogP) is 6.13. The molecule has 0 aliphatic carbocycles. The number of nitrogens with one attached hydrogen (secondary N) is 1. The molecule has 0 saturated carbocycles. The van der Waals surface area contributed by atoms with E-state index < -0.39 is 0 Å². The number of benzene rings is 2. The van der Waals surface area contributed by atoms with E-state index in [9.17, 15) is 0 Å². The Kier molecular flexibility index (Phi) is 4.52. The van der Waals surface area contributed by atoms with Gasteiger partial charge in [0, 0.05) is 35.5 Å². The van der Waals surface area contributed by atoms with Crippen LogP contribution in [0.25, 0.3) is 27.4 Å². The van der Waals surface area contributed by atoms with Crippen LogP contribution in [0.4, 0.5) is 0 Å². The summed E-state index contributed by atoms with van der Waals surface area (Å²) in [7, 11) is 0. The zero-order valence-corrected chi connectivity index (χ0v) is 17.5. The number of rotatable bonds is 3. The summed E-state index contributed by atoms with van der Waals surface area (Å²) in [5.74, 6) is 0. The van der Waals surface area contributed by atoms with Crippen LogP contribution < -0.4 is 0 Å². The molecule has 1 unspecified atom stereocenters. The highest BCUT2D eigenvalue weighted by molar-refractivity contribution is 6.10. The zero-order chi connectivity index (χ0) is 20.7. The first-order valence-corrected chi connectivity index (χ1v) is 10.3. The molecule has 1 N–H and O–H groups in total. The van der Waals surface area contributed by atoms with Gasteiger partial charge in [-0.15, -0.1) is 0 Å². The molecule has 150 valence electrons. The fourth-order valence-corrected chi connectivity index (χ4v) is 4.02. The largest absolute Gasteiger partial charge is 0.347 e. The Balaban J connectivity index is 1.58. The Labute approximate surface area is 176 Å². The number of hydrogen-bond acceptors (Lipinski definition) is 3. The third-order valence-corrected chi connectivity index (χ3v) is 5.34. The lowest BCUT2D eigenvalue weighted by Crippen LogP contribution is -2.28. The molecule has 30 heavy (non-hydrogen) atoms. The minimum atomic E-state index is -0.322. The second kappa shape index (κ2) is 7.22. The van der Waals surface area contributed by atoms with Crippen LogP contribution in [0, 0.1) is 0 Å². The van der Waals surface area contributed by atoms with Gasteiger partial charge in [0.1, 0.15) is 5.65 Å². The van der Waals surface area contributed by atoms with Crippen molar-refractivity contribution in [2.45, 2.75) is 39.0 Å². The molecule has 0 amide bonds. The molecule has 0 bridgehead atoms. The first-order chi connectivity index (χ1) is 14.5. The minimum Gasteiger partial charge on any atom is -0.347 e. The molecule has 2 aromatic carbocycles. The van der Waals surface area contributed by atoms with Crippen molar-refractivity contribution in [3.63, 3.8) is 0 Å². The smallest absolute Gasteiger partial charge is 0.168 e. The fraction of sp³-hybridized carbons (Fsp3) is 0.231. The number of pyridine rings is 1. The van der Waals surface area contributed by atoms with Gasteiger partial charge in [-0.3, -0.25) is 4.99 Å². The molecule has 4 aromatic rings. The van der Waals surface area contributed by atoms with Crippen molar-refractivity contribution in [1.82, 2.24) is 9.97 Å². The quantitative estimate of drug-likeness (QED) is 0.453. The van der Waals surface area contributed by atoms with E-state index in [1.807, 2.05) is 18.5 Å². The van der Waals surface area contributed by atoms with E-state index in [1.54, 1.807) is 0 Å². The van der Waals surface area contributed by atoms with Gasteiger partial charge in [0.15, 0.2) is 6.23 Å². The van der Waals surface area contributed by atoms with Crippen LogP contribution in [0.1, 0.15) is 38.3 Å². The summed E-state index contributed by atoms with van der Waals surface area (Å²) >= 11 is 0. The second-order valence-corrected chi connectivity index (χ2v) is 8.73. The Morgan fingerprint density at radius 1 is 1.00 bits per heavy atom. The molecular formula is C26H25N3O. The van der Waals surface area contributed by atoms with Crippen molar-refractivity contribution in [2.75, 3.05) is 0 Å². The molecule has 4 heteroatoms. The van der Waals surface area contributed by atoms with E-state index in [2.05, 4.69) is 85.3 Å². The topological polar surface area (TPSA) is 50.3 Å². The molecule has 1 aliphatic heterocycles. The summed E-state index contributed by atoms with van der Waals surface area (Å²) in [6.07, 6.45) is 6.43. The second-order valence-electron chi connectivity index (χ2n) is 8.73. The summed E-state index contributed by atoms with van der Waals surface area (Å²) in [5.41, 5.74) is 5.17. The molecule has 0 spiro atoms. The Hall–Kier alpha value is -3.24. The normalized spacial score (nSPS) is 17.2. The van der Waals surface area contributed by atoms with Crippen LogP contribution in [-0.4, -0.2) is 27.5 Å². The van der Waals surface area contributed by atoms with Crippen LogP contribution >= 0.6 is 0 Å². The maximum Gasteiger partial charge on any atom is 0.168 e. The van der Waals surface area contributed by atoms with Crippen LogP contribution in [0.3, 0.4) is 0 Å². The summed E-state index contributed by atoms with van der Waals surface area (Å²) in [6, 6.07) is 19.1. The van der Waals surface area contributed by atoms with Crippen LogP contribution in [-0.2, 0) is 4.74 Å². The molecular weight excluding hydrogens is 370 g/mol. The molecule has 4 nitrogen and oxygen atoms in total. The summed E-state index contributed by atoms with van der Waals surface area (Å²) in [4.78, 5) is 12.7. The van der Waals surface area contributed by atoms with E-state index in [0.29, 0.717) is 0 Å². The molecule has 1 aliphatic rings. The van der Waals surface area contributed by atoms with Crippen LogP contribution in [0.2, 0.25) is 0 Å². The van der Waals surface area contributed by atoms with Gasteiger partial charge in [0.2, 0.25) is 0 Å². The number of dihydropyridines is 1. The van der Waals surface area contributed by atoms with Gasteiger partial charge < -0.3 is 9.72 Å². The van der Waals surface area contributed by atoms with Crippen LogP contribution in [0.15, 0.2) is 78.1 Å². The molecule has 3 heterocycles. The van der Waals surface area contributed by atoms with Crippen molar-refractivity contribution in [2.24, 2.45) is 4.99 Å². The average Bonchev–Trinajstić information content (AvgIpc) is 3.16. The van der Waals surface area contributed by atoms with E-state index in [4.69, 9.17) is 9.73 Å². The summed E-state index contributed by atoms with van der Waals surface area (Å²) in [6.45, 7) is 6.20. The number of nitrogens with zero attached hydrogens (tertiary/aromatic N) is 2.